The largest absolute Gasteiger partial charge is 0.497 e. The van der Waals surface area contributed by atoms with Gasteiger partial charge < -0.3 is 14.5 Å². The zero-order valence-corrected chi connectivity index (χ0v) is 18.5. The number of hydrogen-bond donors (Lipinski definition) is 1. The van der Waals surface area contributed by atoms with Crippen molar-refractivity contribution in [2.24, 2.45) is 0 Å². The summed E-state index contributed by atoms with van der Waals surface area (Å²) in [5, 5.41) is 10.4. The number of ether oxygens (including phenoxy) is 1. The highest BCUT2D eigenvalue weighted by atomic mass is 32.2. The van der Waals surface area contributed by atoms with Crippen LogP contribution >= 0.6 is 0 Å². The van der Waals surface area contributed by atoms with Gasteiger partial charge in [0.15, 0.2) is 0 Å². The van der Waals surface area contributed by atoms with Crippen molar-refractivity contribution >= 4 is 15.9 Å². The van der Waals surface area contributed by atoms with Crippen molar-refractivity contribution in [2.45, 2.75) is 30.7 Å². The summed E-state index contributed by atoms with van der Waals surface area (Å²) >= 11 is 0. The van der Waals surface area contributed by atoms with Gasteiger partial charge in [-0.1, -0.05) is 18.6 Å². The highest BCUT2D eigenvalue weighted by Crippen LogP contribution is 2.24. The number of nitrogens with one attached hydrogen (secondary N) is 1. The molecule has 1 saturated heterocycles. The summed E-state index contributed by atoms with van der Waals surface area (Å²) in [4.78, 5) is 12.6. The van der Waals surface area contributed by atoms with Crippen LogP contribution in [0.25, 0.3) is 11.5 Å². The van der Waals surface area contributed by atoms with Gasteiger partial charge in [0, 0.05) is 25.2 Å². The summed E-state index contributed by atoms with van der Waals surface area (Å²) in [7, 11) is -1.94. The van der Waals surface area contributed by atoms with Gasteiger partial charge in [0.2, 0.25) is 15.9 Å². The first kappa shape index (κ1) is 22.0. The minimum absolute atomic E-state index is 0.137. The van der Waals surface area contributed by atoms with Crippen molar-refractivity contribution in [3.05, 3.63) is 60.0 Å². The third-order valence-electron chi connectivity index (χ3n) is 5.26. The number of methoxy groups -OCH3 is 1. The summed E-state index contributed by atoms with van der Waals surface area (Å²) < 4.78 is 37.7. The fourth-order valence-corrected chi connectivity index (χ4v) is 5.01. The molecule has 168 valence electrons. The van der Waals surface area contributed by atoms with Crippen LogP contribution in [-0.4, -0.2) is 49.0 Å². The lowest BCUT2D eigenvalue weighted by molar-refractivity contribution is 0.0916. The molecule has 1 N–H and O–H groups in total. The first-order valence-electron chi connectivity index (χ1n) is 10.3. The Labute approximate surface area is 186 Å². The van der Waals surface area contributed by atoms with Crippen molar-refractivity contribution in [1.29, 1.82) is 0 Å². The Bertz CT molecular complexity index is 1190. The number of piperidine rings is 1. The van der Waals surface area contributed by atoms with E-state index in [0.29, 0.717) is 24.4 Å². The van der Waals surface area contributed by atoms with Crippen molar-refractivity contribution in [3.63, 3.8) is 0 Å². The van der Waals surface area contributed by atoms with Crippen LogP contribution in [0.2, 0.25) is 0 Å². The van der Waals surface area contributed by atoms with Crippen molar-refractivity contribution in [1.82, 2.24) is 19.8 Å². The van der Waals surface area contributed by atoms with Crippen molar-refractivity contribution < 1.29 is 22.4 Å². The number of amides is 1. The molecule has 1 aliphatic heterocycles. The van der Waals surface area contributed by atoms with Gasteiger partial charge in [-0.25, -0.2) is 8.42 Å². The van der Waals surface area contributed by atoms with Crippen molar-refractivity contribution in [2.75, 3.05) is 20.2 Å². The van der Waals surface area contributed by atoms with Crippen LogP contribution in [0.3, 0.4) is 0 Å². The number of sulfonamides is 1. The summed E-state index contributed by atoms with van der Waals surface area (Å²) in [6, 6.07) is 13.6. The molecule has 4 rings (SSSR count). The zero-order valence-electron chi connectivity index (χ0n) is 17.7. The summed E-state index contributed by atoms with van der Waals surface area (Å²) in [5.74, 6) is 0.157. The van der Waals surface area contributed by atoms with E-state index >= 15 is 0 Å². The summed E-state index contributed by atoms with van der Waals surface area (Å²) in [6.45, 7) is 1.36. The number of carbonyl (C=O) groups is 1. The Morgan fingerprint density at radius 2 is 1.84 bits per heavy atom. The van der Waals surface area contributed by atoms with E-state index in [2.05, 4.69) is 15.5 Å². The number of rotatable bonds is 7. The molecule has 1 aromatic heterocycles. The Morgan fingerprint density at radius 3 is 2.56 bits per heavy atom. The fourth-order valence-electron chi connectivity index (χ4n) is 3.50. The second-order valence-corrected chi connectivity index (χ2v) is 9.37. The molecule has 2 aromatic carbocycles. The molecule has 10 heteroatoms. The van der Waals surface area contributed by atoms with E-state index in [1.54, 1.807) is 19.2 Å². The van der Waals surface area contributed by atoms with Gasteiger partial charge in [0.1, 0.15) is 5.75 Å². The maximum Gasteiger partial charge on any atom is 0.309 e. The van der Waals surface area contributed by atoms with Gasteiger partial charge in [-0.2, -0.15) is 4.31 Å². The molecule has 1 aliphatic rings. The number of carbonyl (C=O) groups excluding carboxylic acids is 1. The first-order chi connectivity index (χ1) is 15.5. The van der Waals surface area contributed by atoms with Crippen LogP contribution in [0.15, 0.2) is 57.8 Å². The topological polar surface area (TPSA) is 115 Å². The van der Waals surface area contributed by atoms with Gasteiger partial charge in [-0.3, -0.25) is 4.79 Å². The summed E-state index contributed by atoms with van der Waals surface area (Å²) in [6.07, 6.45) is 2.81. The van der Waals surface area contributed by atoms with Gasteiger partial charge in [-0.15, -0.1) is 10.2 Å². The molecule has 0 aliphatic carbocycles. The Morgan fingerprint density at radius 1 is 1.09 bits per heavy atom. The average Bonchev–Trinajstić information content (AvgIpc) is 3.34. The summed E-state index contributed by atoms with van der Waals surface area (Å²) in [5.41, 5.74) is 1.39. The number of nitrogens with zero attached hydrogens (tertiary/aromatic N) is 3. The molecule has 0 atom stereocenters. The molecule has 1 fully saturated rings. The van der Waals surface area contributed by atoms with E-state index in [9.17, 15) is 13.2 Å². The van der Waals surface area contributed by atoms with Gasteiger partial charge in [0.25, 0.3) is 0 Å². The average molecular weight is 457 g/mol. The highest BCUT2D eigenvalue weighted by Gasteiger charge is 2.26. The number of hydrogen-bond acceptors (Lipinski definition) is 7. The third kappa shape index (κ3) is 4.81. The van der Waals surface area contributed by atoms with E-state index in [4.69, 9.17) is 9.15 Å². The minimum atomic E-state index is -3.51. The minimum Gasteiger partial charge on any atom is -0.497 e. The normalized spacial score (nSPS) is 14.8. The molecule has 0 radical (unpaired) electrons. The van der Waals surface area contributed by atoms with Crippen LogP contribution in [0.4, 0.5) is 0 Å². The zero-order chi connectivity index (χ0) is 22.6. The second-order valence-electron chi connectivity index (χ2n) is 7.44. The standard InChI is InChI=1S/C22H24N4O5S/c1-30-18-7-5-6-16(14-18)15-23-20(27)22-25-24-21(31-22)17-8-10-19(11-9-17)32(28,29)26-12-3-2-4-13-26/h5-11,14H,2-4,12-13,15H2,1H3,(H,23,27). The third-order valence-corrected chi connectivity index (χ3v) is 7.17. The van der Waals surface area contributed by atoms with E-state index in [1.165, 1.54) is 16.4 Å². The Balaban J connectivity index is 1.42. The monoisotopic (exact) mass is 456 g/mol. The lowest BCUT2D eigenvalue weighted by Crippen LogP contribution is -2.35. The highest BCUT2D eigenvalue weighted by molar-refractivity contribution is 7.89. The molecule has 0 unspecified atom stereocenters. The first-order valence-corrected chi connectivity index (χ1v) is 11.8. The Hall–Kier alpha value is -3.24. The molecule has 1 amide bonds. The van der Waals surface area contributed by atoms with Crippen LogP contribution in [0, 0.1) is 0 Å². The van der Waals surface area contributed by atoms with E-state index in [-0.39, 0.29) is 23.2 Å². The fraction of sp³-hybridized carbons (Fsp3) is 0.318. The molecule has 0 saturated carbocycles. The number of aromatic nitrogens is 2. The van der Waals surface area contributed by atoms with Gasteiger partial charge in [-0.05, 0) is 54.8 Å². The van der Waals surface area contributed by atoms with E-state index in [0.717, 1.165) is 24.8 Å². The van der Waals surface area contributed by atoms with Crippen LogP contribution < -0.4 is 10.1 Å². The molecule has 3 aromatic rings. The second kappa shape index (κ2) is 9.49. The number of benzene rings is 2. The quantitative estimate of drug-likeness (QED) is 0.581. The lowest BCUT2D eigenvalue weighted by atomic mass is 10.2. The van der Waals surface area contributed by atoms with E-state index < -0.39 is 15.9 Å². The van der Waals surface area contributed by atoms with Crippen LogP contribution in [0.1, 0.15) is 35.5 Å². The lowest BCUT2D eigenvalue weighted by Gasteiger charge is -2.25. The predicted molar refractivity (Wildman–Crippen MR) is 117 cm³/mol. The van der Waals surface area contributed by atoms with Gasteiger partial charge in [0.05, 0.1) is 12.0 Å². The maximum absolute atomic E-state index is 12.8. The molecule has 32 heavy (non-hydrogen) atoms. The molecule has 2 heterocycles. The molecular weight excluding hydrogens is 432 g/mol. The van der Waals surface area contributed by atoms with Crippen LogP contribution in [0.5, 0.6) is 5.75 Å². The van der Waals surface area contributed by atoms with Crippen LogP contribution in [-0.2, 0) is 16.6 Å². The predicted octanol–water partition coefficient (Wildman–Crippen LogP) is 2.85. The molecule has 0 spiro atoms. The molecular formula is C22H24N4O5S. The Kier molecular flexibility index (Phi) is 6.52. The molecule has 0 bridgehead atoms. The maximum atomic E-state index is 12.8. The van der Waals surface area contributed by atoms with Crippen molar-refractivity contribution in [3.8, 4) is 17.2 Å². The smallest absolute Gasteiger partial charge is 0.309 e. The molecule has 9 nitrogen and oxygen atoms in total. The van der Waals surface area contributed by atoms with E-state index in [1.807, 2.05) is 24.3 Å². The van der Waals surface area contributed by atoms with Gasteiger partial charge >= 0.3 is 11.8 Å². The SMILES string of the molecule is COc1cccc(CNC(=O)c2nnc(-c3ccc(S(=O)(=O)N4CCCCC4)cc3)o2)c1.